The Hall–Kier alpha value is -2.90. The number of carbonyl (C=O) groups is 2. The van der Waals surface area contributed by atoms with E-state index < -0.39 is 0 Å². The van der Waals surface area contributed by atoms with Crippen LogP contribution in [0.25, 0.3) is 0 Å². The summed E-state index contributed by atoms with van der Waals surface area (Å²) >= 11 is 0. The topological polar surface area (TPSA) is 67.9 Å². The van der Waals surface area contributed by atoms with Crippen molar-refractivity contribution in [3.05, 3.63) is 71.3 Å². The highest BCUT2D eigenvalue weighted by Gasteiger charge is 2.15. The van der Waals surface area contributed by atoms with Crippen LogP contribution in [-0.4, -0.2) is 73.0 Å². The van der Waals surface area contributed by atoms with Gasteiger partial charge in [0.25, 0.3) is 0 Å². The molecule has 0 aliphatic carbocycles. The van der Waals surface area contributed by atoms with Gasteiger partial charge < -0.3 is 20.4 Å². The maximum atomic E-state index is 12.2. The van der Waals surface area contributed by atoms with Gasteiger partial charge in [-0.2, -0.15) is 0 Å². The molecule has 7 heteroatoms. The lowest BCUT2D eigenvalue weighted by Crippen LogP contribution is -2.45. The van der Waals surface area contributed by atoms with Crippen molar-refractivity contribution in [3.63, 3.8) is 0 Å². The van der Waals surface area contributed by atoms with Crippen LogP contribution < -0.4 is 10.6 Å². The van der Waals surface area contributed by atoms with Gasteiger partial charge in [-0.15, -0.1) is 0 Å². The first-order valence-corrected chi connectivity index (χ1v) is 11.9. The van der Waals surface area contributed by atoms with Gasteiger partial charge in [-0.25, -0.2) is 4.79 Å². The Labute approximate surface area is 197 Å². The molecule has 0 unspecified atom stereocenters. The van der Waals surface area contributed by atoms with Crippen molar-refractivity contribution in [2.24, 2.45) is 0 Å². The maximum Gasteiger partial charge on any atom is 0.317 e. The first-order chi connectivity index (χ1) is 16.0. The highest BCUT2D eigenvalue weighted by molar-refractivity contribution is 5.78. The molecule has 2 aromatic carbocycles. The second-order valence-corrected chi connectivity index (χ2v) is 8.63. The summed E-state index contributed by atoms with van der Waals surface area (Å²) in [5, 5.41) is 5.74. The summed E-state index contributed by atoms with van der Waals surface area (Å²) in [7, 11) is 1.75. The highest BCUT2D eigenvalue weighted by atomic mass is 16.2. The zero-order chi connectivity index (χ0) is 23.5. The van der Waals surface area contributed by atoms with E-state index in [-0.39, 0.29) is 18.4 Å². The van der Waals surface area contributed by atoms with E-state index in [1.54, 1.807) is 11.9 Å². The molecule has 0 radical (unpaired) electrons. The molecule has 1 heterocycles. The standard InChI is InChI=1S/C26H37N5O2/c1-3-30-15-17-31(18-16-30)21-24-11-9-22(10-12-24)19-28-25(32)13-14-27-26(33)29(2)20-23-7-5-4-6-8-23/h4-12H,3,13-21H2,1-2H3,(H,27,33)(H,28,32). The highest BCUT2D eigenvalue weighted by Crippen LogP contribution is 2.10. The summed E-state index contributed by atoms with van der Waals surface area (Å²) in [5.74, 6) is -0.0705. The zero-order valence-corrected chi connectivity index (χ0v) is 19.9. The molecule has 0 aromatic heterocycles. The molecular formula is C26H37N5O2. The molecule has 0 saturated carbocycles. The Balaban J connectivity index is 1.30. The Morgan fingerprint density at radius 2 is 1.48 bits per heavy atom. The lowest BCUT2D eigenvalue weighted by molar-refractivity contribution is -0.121. The molecule has 3 rings (SSSR count). The van der Waals surface area contributed by atoms with E-state index in [9.17, 15) is 9.59 Å². The number of hydrogen-bond acceptors (Lipinski definition) is 4. The first kappa shape index (κ1) is 24.7. The number of urea groups is 1. The average Bonchev–Trinajstić information content (AvgIpc) is 2.84. The second kappa shape index (κ2) is 13.0. The van der Waals surface area contributed by atoms with E-state index in [4.69, 9.17) is 0 Å². The first-order valence-electron chi connectivity index (χ1n) is 11.9. The number of likely N-dealkylation sites (N-methyl/N-ethyl adjacent to an activating group) is 1. The summed E-state index contributed by atoms with van der Waals surface area (Å²) in [6, 6.07) is 18.1. The molecule has 1 saturated heterocycles. The third-order valence-corrected chi connectivity index (χ3v) is 6.07. The summed E-state index contributed by atoms with van der Waals surface area (Å²) < 4.78 is 0. The summed E-state index contributed by atoms with van der Waals surface area (Å²) in [6.07, 6.45) is 0.257. The predicted molar refractivity (Wildman–Crippen MR) is 132 cm³/mol. The number of benzene rings is 2. The van der Waals surface area contributed by atoms with Crippen molar-refractivity contribution < 1.29 is 9.59 Å². The number of carbonyl (C=O) groups excluding carboxylic acids is 2. The van der Waals surface area contributed by atoms with Gasteiger partial charge in [0.1, 0.15) is 0 Å². The molecular weight excluding hydrogens is 414 g/mol. The molecule has 178 valence electrons. The molecule has 7 nitrogen and oxygen atoms in total. The fourth-order valence-electron chi connectivity index (χ4n) is 3.92. The maximum absolute atomic E-state index is 12.2. The fourth-order valence-corrected chi connectivity index (χ4v) is 3.92. The number of nitrogens with one attached hydrogen (secondary N) is 2. The number of piperazine rings is 1. The van der Waals surface area contributed by atoms with Crippen LogP contribution in [-0.2, 0) is 24.4 Å². The van der Waals surface area contributed by atoms with Crippen LogP contribution in [0.4, 0.5) is 4.79 Å². The third kappa shape index (κ3) is 8.51. The van der Waals surface area contributed by atoms with Gasteiger partial charge in [0.2, 0.25) is 5.91 Å². The van der Waals surface area contributed by atoms with E-state index >= 15 is 0 Å². The SMILES string of the molecule is CCN1CCN(Cc2ccc(CNC(=O)CCNC(=O)N(C)Cc3ccccc3)cc2)CC1. The number of rotatable bonds is 10. The van der Waals surface area contributed by atoms with Crippen LogP contribution in [0.15, 0.2) is 54.6 Å². The van der Waals surface area contributed by atoms with Crippen molar-refractivity contribution in [1.82, 2.24) is 25.3 Å². The minimum atomic E-state index is -0.182. The van der Waals surface area contributed by atoms with Crippen molar-refractivity contribution in [2.75, 3.05) is 46.3 Å². The largest absolute Gasteiger partial charge is 0.352 e. The average molecular weight is 452 g/mol. The van der Waals surface area contributed by atoms with E-state index in [0.717, 1.165) is 50.4 Å². The zero-order valence-electron chi connectivity index (χ0n) is 19.9. The summed E-state index contributed by atoms with van der Waals surface area (Å²) in [5.41, 5.74) is 3.45. The minimum Gasteiger partial charge on any atom is -0.352 e. The molecule has 1 aliphatic rings. The van der Waals surface area contributed by atoms with Crippen LogP contribution >= 0.6 is 0 Å². The minimum absolute atomic E-state index is 0.0705. The van der Waals surface area contributed by atoms with Crippen molar-refractivity contribution in [3.8, 4) is 0 Å². The number of hydrogen-bond donors (Lipinski definition) is 2. The molecule has 0 spiro atoms. The van der Waals surface area contributed by atoms with Gasteiger partial charge in [0.15, 0.2) is 0 Å². The Kier molecular flexibility index (Phi) is 9.72. The Bertz CT molecular complexity index is 864. The van der Waals surface area contributed by atoms with Crippen molar-refractivity contribution in [1.29, 1.82) is 0 Å². The van der Waals surface area contributed by atoms with E-state index in [2.05, 4.69) is 51.6 Å². The van der Waals surface area contributed by atoms with Gasteiger partial charge in [-0.05, 0) is 23.2 Å². The molecule has 0 bridgehead atoms. The van der Waals surface area contributed by atoms with E-state index in [1.165, 1.54) is 5.56 Å². The summed E-state index contributed by atoms with van der Waals surface area (Å²) in [4.78, 5) is 30.9. The molecule has 2 aromatic rings. The molecule has 1 aliphatic heterocycles. The molecule has 3 amide bonds. The van der Waals surface area contributed by atoms with Gasteiger partial charge in [0, 0.05) is 65.8 Å². The Morgan fingerprint density at radius 3 is 2.15 bits per heavy atom. The fraction of sp³-hybridized carbons (Fsp3) is 0.462. The molecule has 2 N–H and O–H groups in total. The smallest absolute Gasteiger partial charge is 0.317 e. The van der Waals surface area contributed by atoms with Crippen molar-refractivity contribution >= 4 is 11.9 Å². The quantitative estimate of drug-likeness (QED) is 0.583. The van der Waals surface area contributed by atoms with Crippen LogP contribution in [0.5, 0.6) is 0 Å². The normalized spacial score (nSPS) is 14.6. The van der Waals surface area contributed by atoms with Gasteiger partial charge >= 0.3 is 6.03 Å². The lowest BCUT2D eigenvalue weighted by Gasteiger charge is -2.34. The lowest BCUT2D eigenvalue weighted by atomic mass is 10.1. The number of amides is 3. The Morgan fingerprint density at radius 1 is 0.848 bits per heavy atom. The molecule has 0 atom stereocenters. The van der Waals surface area contributed by atoms with Crippen molar-refractivity contribution in [2.45, 2.75) is 33.0 Å². The predicted octanol–water partition coefficient (Wildman–Crippen LogP) is 2.67. The molecule has 1 fully saturated rings. The van der Waals surface area contributed by atoms with Gasteiger partial charge in [0.05, 0.1) is 0 Å². The van der Waals surface area contributed by atoms with E-state index in [0.29, 0.717) is 19.6 Å². The van der Waals surface area contributed by atoms with Crippen LogP contribution in [0.1, 0.15) is 30.0 Å². The summed E-state index contributed by atoms with van der Waals surface area (Å²) in [6.45, 7) is 10.2. The van der Waals surface area contributed by atoms with Gasteiger partial charge in [-0.1, -0.05) is 61.5 Å². The monoisotopic (exact) mass is 451 g/mol. The van der Waals surface area contributed by atoms with Crippen LogP contribution in [0, 0.1) is 0 Å². The van der Waals surface area contributed by atoms with E-state index in [1.807, 2.05) is 30.3 Å². The third-order valence-electron chi connectivity index (χ3n) is 6.07. The molecule has 33 heavy (non-hydrogen) atoms. The van der Waals surface area contributed by atoms with Crippen LogP contribution in [0.2, 0.25) is 0 Å². The van der Waals surface area contributed by atoms with Gasteiger partial charge in [-0.3, -0.25) is 9.69 Å². The number of nitrogens with zero attached hydrogens (tertiary/aromatic N) is 3. The van der Waals surface area contributed by atoms with Crippen LogP contribution in [0.3, 0.4) is 0 Å². The second-order valence-electron chi connectivity index (χ2n) is 8.63.